The third-order valence-corrected chi connectivity index (χ3v) is 3.44. The lowest BCUT2D eigenvalue weighted by Crippen LogP contribution is -2.21. The number of nitrogens with two attached hydrogens (primary N) is 1. The van der Waals surface area contributed by atoms with Gasteiger partial charge in [0, 0.05) is 18.6 Å². The fourth-order valence-electron chi connectivity index (χ4n) is 1.81. The molecule has 0 radical (unpaired) electrons. The van der Waals surface area contributed by atoms with Crippen LogP contribution in [0.15, 0.2) is 12.1 Å². The molecule has 5 nitrogen and oxygen atoms in total. The van der Waals surface area contributed by atoms with Crippen LogP contribution >= 0.6 is 11.6 Å². The fourth-order valence-corrected chi connectivity index (χ4v) is 2.01. The fraction of sp³-hybridized carbons (Fsp3) is 0.500. The highest BCUT2D eigenvalue weighted by atomic mass is 35.5. The molecule has 0 aliphatic carbocycles. The number of carbonyl (C=O) groups excluding carboxylic acids is 1. The summed E-state index contributed by atoms with van der Waals surface area (Å²) in [5.74, 6) is 1.09. The maximum atomic E-state index is 11.9. The van der Waals surface area contributed by atoms with Crippen molar-refractivity contribution in [2.45, 2.75) is 19.8 Å². The summed E-state index contributed by atoms with van der Waals surface area (Å²) in [4.78, 5) is 11.9. The number of rotatable bonds is 7. The Morgan fingerprint density at radius 1 is 1.35 bits per heavy atom. The Labute approximate surface area is 124 Å². The van der Waals surface area contributed by atoms with Gasteiger partial charge in [0.2, 0.25) is 5.91 Å². The van der Waals surface area contributed by atoms with Crippen LogP contribution in [0, 0.1) is 5.92 Å². The van der Waals surface area contributed by atoms with Crippen molar-refractivity contribution in [2.24, 2.45) is 11.7 Å². The number of halogens is 1. The van der Waals surface area contributed by atoms with E-state index in [0.29, 0.717) is 35.2 Å². The first-order valence-electron chi connectivity index (χ1n) is 6.47. The lowest BCUT2D eigenvalue weighted by Gasteiger charge is -2.15. The van der Waals surface area contributed by atoms with E-state index in [-0.39, 0.29) is 11.8 Å². The molecule has 0 aliphatic heterocycles. The number of benzene rings is 1. The number of amides is 1. The molecule has 0 aliphatic rings. The highest BCUT2D eigenvalue weighted by molar-refractivity contribution is 6.34. The van der Waals surface area contributed by atoms with Crippen molar-refractivity contribution in [1.82, 2.24) is 0 Å². The molecule has 20 heavy (non-hydrogen) atoms. The molecule has 0 saturated heterocycles. The number of carbonyl (C=O) groups is 1. The molecular formula is C14H21ClN2O3. The van der Waals surface area contributed by atoms with Gasteiger partial charge in [-0.25, -0.2) is 0 Å². The Morgan fingerprint density at radius 3 is 2.45 bits per heavy atom. The summed E-state index contributed by atoms with van der Waals surface area (Å²) in [6.45, 7) is 2.50. The first-order valence-corrected chi connectivity index (χ1v) is 6.84. The van der Waals surface area contributed by atoms with E-state index in [9.17, 15) is 4.79 Å². The Morgan fingerprint density at radius 2 is 1.95 bits per heavy atom. The topological polar surface area (TPSA) is 73.6 Å². The molecule has 0 saturated carbocycles. The van der Waals surface area contributed by atoms with Crippen molar-refractivity contribution in [3.8, 4) is 11.5 Å². The average Bonchev–Trinajstić information content (AvgIpc) is 2.46. The maximum absolute atomic E-state index is 11.9. The number of ether oxygens (including phenoxy) is 2. The van der Waals surface area contributed by atoms with E-state index in [2.05, 4.69) is 5.32 Å². The second-order valence-corrected chi connectivity index (χ2v) is 4.86. The standard InChI is InChI=1S/C14H21ClN2O3/c1-4-9(8-16)5-14(18)17-11-7-13(20-3)12(19-2)6-10(11)15/h6-7,9H,4-5,8,16H2,1-3H3,(H,17,18). The highest BCUT2D eigenvalue weighted by Crippen LogP contribution is 2.36. The normalized spacial score (nSPS) is 11.8. The molecule has 1 amide bonds. The molecule has 1 unspecified atom stereocenters. The van der Waals surface area contributed by atoms with E-state index in [0.717, 1.165) is 6.42 Å². The summed E-state index contributed by atoms with van der Waals surface area (Å²) in [5.41, 5.74) is 6.10. The SMILES string of the molecule is CCC(CN)CC(=O)Nc1cc(OC)c(OC)cc1Cl. The van der Waals surface area contributed by atoms with Gasteiger partial charge in [0.25, 0.3) is 0 Å². The lowest BCUT2D eigenvalue weighted by atomic mass is 10.0. The minimum Gasteiger partial charge on any atom is -0.493 e. The van der Waals surface area contributed by atoms with E-state index in [1.54, 1.807) is 12.1 Å². The van der Waals surface area contributed by atoms with Crippen molar-refractivity contribution in [3.05, 3.63) is 17.2 Å². The first kappa shape index (κ1) is 16.6. The van der Waals surface area contributed by atoms with Crippen LogP contribution in [0.1, 0.15) is 19.8 Å². The van der Waals surface area contributed by atoms with Crippen LogP contribution < -0.4 is 20.5 Å². The van der Waals surface area contributed by atoms with Gasteiger partial charge >= 0.3 is 0 Å². The summed E-state index contributed by atoms with van der Waals surface area (Å²) in [6, 6.07) is 3.25. The minimum absolute atomic E-state index is 0.114. The van der Waals surface area contributed by atoms with Crippen LogP contribution in [0.5, 0.6) is 11.5 Å². The van der Waals surface area contributed by atoms with Gasteiger partial charge in [-0.15, -0.1) is 0 Å². The van der Waals surface area contributed by atoms with E-state index >= 15 is 0 Å². The van der Waals surface area contributed by atoms with Gasteiger partial charge in [0.05, 0.1) is 24.9 Å². The largest absolute Gasteiger partial charge is 0.493 e. The molecule has 3 N–H and O–H groups in total. The van der Waals surface area contributed by atoms with E-state index in [1.807, 2.05) is 6.92 Å². The third-order valence-electron chi connectivity index (χ3n) is 3.13. The minimum atomic E-state index is -0.114. The zero-order valence-corrected chi connectivity index (χ0v) is 12.8. The van der Waals surface area contributed by atoms with Crippen LogP contribution in [0.4, 0.5) is 5.69 Å². The van der Waals surface area contributed by atoms with E-state index in [4.69, 9.17) is 26.8 Å². The lowest BCUT2D eigenvalue weighted by molar-refractivity contribution is -0.117. The number of methoxy groups -OCH3 is 2. The van der Waals surface area contributed by atoms with Crippen molar-refractivity contribution in [2.75, 3.05) is 26.1 Å². The summed E-state index contributed by atoms with van der Waals surface area (Å²) in [6.07, 6.45) is 1.24. The zero-order chi connectivity index (χ0) is 15.1. The van der Waals surface area contributed by atoms with Gasteiger partial charge in [-0.3, -0.25) is 4.79 Å². The predicted octanol–water partition coefficient (Wildman–Crippen LogP) is 2.67. The molecule has 1 aromatic carbocycles. The molecule has 0 aromatic heterocycles. The summed E-state index contributed by atoms with van der Waals surface area (Å²) in [5, 5.41) is 3.17. The molecule has 1 atom stereocenters. The van der Waals surface area contributed by atoms with Gasteiger partial charge in [-0.1, -0.05) is 24.9 Å². The number of hydrogen-bond acceptors (Lipinski definition) is 4. The smallest absolute Gasteiger partial charge is 0.224 e. The summed E-state index contributed by atoms with van der Waals surface area (Å²) in [7, 11) is 3.05. The number of hydrogen-bond donors (Lipinski definition) is 2. The molecule has 1 aromatic rings. The van der Waals surface area contributed by atoms with Gasteiger partial charge in [0.15, 0.2) is 11.5 Å². The van der Waals surface area contributed by atoms with Crippen molar-refractivity contribution in [3.63, 3.8) is 0 Å². The summed E-state index contributed by atoms with van der Waals surface area (Å²) >= 11 is 6.11. The van der Waals surface area contributed by atoms with Crippen molar-refractivity contribution >= 4 is 23.2 Å². The number of anilines is 1. The quantitative estimate of drug-likeness (QED) is 0.812. The zero-order valence-electron chi connectivity index (χ0n) is 12.0. The van der Waals surface area contributed by atoms with Crippen LogP contribution in [-0.2, 0) is 4.79 Å². The van der Waals surface area contributed by atoms with Gasteiger partial charge in [-0.05, 0) is 12.5 Å². The molecule has 112 valence electrons. The van der Waals surface area contributed by atoms with Crippen molar-refractivity contribution < 1.29 is 14.3 Å². The number of nitrogens with one attached hydrogen (secondary N) is 1. The van der Waals surface area contributed by atoms with Gasteiger partial charge in [-0.2, -0.15) is 0 Å². The Hall–Kier alpha value is -1.46. The Balaban J connectivity index is 2.84. The third kappa shape index (κ3) is 4.28. The Kier molecular flexibility index (Phi) is 6.61. The molecule has 6 heteroatoms. The first-order chi connectivity index (χ1) is 9.55. The van der Waals surface area contributed by atoms with Crippen LogP contribution in [-0.4, -0.2) is 26.7 Å². The Bertz CT molecular complexity index is 462. The van der Waals surface area contributed by atoms with Crippen molar-refractivity contribution in [1.29, 1.82) is 0 Å². The van der Waals surface area contributed by atoms with Crippen LogP contribution in [0.3, 0.4) is 0 Å². The van der Waals surface area contributed by atoms with E-state index in [1.165, 1.54) is 14.2 Å². The van der Waals surface area contributed by atoms with Crippen LogP contribution in [0.2, 0.25) is 5.02 Å². The predicted molar refractivity (Wildman–Crippen MR) is 80.6 cm³/mol. The maximum Gasteiger partial charge on any atom is 0.224 e. The van der Waals surface area contributed by atoms with Crippen LogP contribution in [0.25, 0.3) is 0 Å². The van der Waals surface area contributed by atoms with Gasteiger partial charge < -0.3 is 20.5 Å². The second-order valence-electron chi connectivity index (χ2n) is 4.45. The molecule has 0 heterocycles. The highest BCUT2D eigenvalue weighted by Gasteiger charge is 2.14. The summed E-state index contributed by atoms with van der Waals surface area (Å²) < 4.78 is 10.3. The monoisotopic (exact) mass is 300 g/mol. The van der Waals surface area contributed by atoms with E-state index < -0.39 is 0 Å². The molecule has 0 fully saturated rings. The molecule has 0 bridgehead atoms. The van der Waals surface area contributed by atoms with Gasteiger partial charge in [0.1, 0.15) is 0 Å². The molecule has 0 spiro atoms. The second kappa shape index (κ2) is 7.97. The molecule has 1 rings (SSSR count). The average molecular weight is 301 g/mol. The molecular weight excluding hydrogens is 280 g/mol.